The summed E-state index contributed by atoms with van der Waals surface area (Å²) in [5.41, 5.74) is 3.01. The summed E-state index contributed by atoms with van der Waals surface area (Å²) in [6.07, 6.45) is 4.39. The number of benzene rings is 1. The Balaban J connectivity index is 1.31. The number of hydrogen-bond acceptors (Lipinski definition) is 5. The molecule has 0 N–H and O–H groups in total. The van der Waals surface area contributed by atoms with Crippen molar-refractivity contribution in [2.45, 2.75) is 19.5 Å². The molecular weight excluding hydrogens is 409 g/mol. The highest BCUT2D eigenvalue weighted by Gasteiger charge is 2.21. The van der Waals surface area contributed by atoms with Gasteiger partial charge in [-0.25, -0.2) is 9.97 Å². The van der Waals surface area contributed by atoms with Crippen molar-refractivity contribution in [2.24, 2.45) is 0 Å². The number of hydrogen-bond donors (Lipinski definition) is 0. The lowest BCUT2D eigenvalue weighted by Crippen LogP contribution is -2.30. The number of nitrogens with zero attached hydrogens (tertiary/aromatic N) is 3. The van der Waals surface area contributed by atoms with Crippen molar-refractivity contribution in [1.82, 2.24) is 14.9 Å². The van der Waals surface area contributed by atoms with Crippen molar-refractivity contribution in [3.63, 3.8) is 0 Å². The molecule has 3 aromatic heterocycles. The van der Waals surface area contributed by atoms with Crippen LogP contribution in [0.5, 0.6) is 0 Å². The Morgan fingerprint density at radius 3 is 2.86 bits per heavy atom. The van der Waals surface area contributed by atoms with Crippen LogP contribution < -0.4 is 0 Å². The molecule has 0 aliphatic carbocycles. The van der Waals surface area contributed by atoms with E-state index < -0.39 is 0 Å². The number of halogens is 2. The van der Waals surface area contributed by atoms with Crippen LogP contribution >= 0.6 is 23.2 Å². The topological polar surface area (TPSA) is 55.3 Å². The highest BCUT2D eigenvalue weighted by molar-refractivity contribution is 6.35. The highest BCUT2D eigenvalue weighted by Crippen LogP contribution is 2.32. The first-order valence-electron chi connectivity index (χ1n) is 9.31. The Kier molecular flexibility index (Phi) is 4.87. The van der Waals surface area contributed by atoms with E-state index in [9.17, 15) is 0 Å². The van der Waals surface area contributed by atoms with E-state index in [2.05, 4.69) is 14.9 Å². The molecule has 0 bridgehead atoms. The zero-order valence-corrected chi connectivity index (χ0v) is 17.0. The maximum absolute atomic E-state index is 6.29. The average Bonchev–Trinajstić information content (AvgIpc) is 3.42. The fraction of sp³-hybridized carbons (Fsp3) is 0.182. The third-order valence-corrected chi connectivity index (χ3v) is 5.55. The maximum atomic E-state index is 6.29. The van der Waals surface area contributed by atoms with Crippen molar-refractivity contribution in [3.8, 4) is 22.9 Å². The predicted molar refractivity (Wildman–Crippen MR) is 112 cm³/mol. The molecule has 5 nitrogen and oxygen atoms in total. The average molecular weight is 426 g/mol. The van der Waals surface area contributed by atoms with Gasteiger partial charge in [0.25, 0.3) is 0 Å². The Morgan fingerprint density at radius 1 is 1.07 bits per heavy atom. The van der Waals surface area contributed by atoms with E-state index in [1.807, 2.05) is 36.5 Å². The van der Waals surface area contributed by atoms with Crippen LogP contribution in [-0.2, 0) is 19.5 Å². The van der Waals surface area contributed by atoms with Gasteiger partial charge in [0, 0.05) is 41.9 Å². The molecule has 7 heteroatoms. The molecule has 5 rings (SSSR count). The van der Waals surface area contributed by atoms with Gasteiger partial charge in [0.2, 0.25) is 0 Å². The molecule has 1 aliphatic rings. The van der Waals surface area contributed by atoms with Gasteiger partial charge in [-0.1, -0.05) is 23.2 Å². The summed E-state index contributed by atoms with van der Waals surface area (Å²) in [5.74, 6) is 2.93. The largest absolute Gasteiger partial charge is 0.461 e. The Bertz CT molecular complexity index is 1150. The molecule has 0 amide bonds. The van der Waals surface area contributed by atoms with Crippen molar-refractivity contribution in [2.75, 3.05) is 6.54 Å². The minimum absolute atomic E-state index is 0.617. The SMILES string of the molecule is Clc1ccc(Cl)c(-c2ccc(CN3CCc4nc(-c5ccco5)ncc4C3)o2)c1. The summed E-state index contributed by atoms with van der Waals surface area (Å²) in [7, 11) is 0. The summed E-state index contributed by atoms with van der Waals surface area (Å²) in [6.45, 7) is 2.38. The van der Waals surface area contributed by atoms with E-state index in [4.69, 9.17) is 32.0 Å². The van der Waals surface area contributed by atoms with Crippen LogP contribution in [0.25, 0.3) is 22.9 Å². The second kappa shape index (κ2) is 7.67. The molecule has 4 aromatic rings. The van der Waals surface area contributed by atoms with Crippen molar-refractivity contribution < 1.29 is 8.83 Å². The van der Waals surface area contributed by atoms with E-state index in [1.54, 1.807) is 18.4 Å². The first-order chi connectivity index (χ1) is 14.2. The predicted octanol–water partition coefficient (Wildman–Crippen LogP) is 5.86. The molecule has 1 aliphatic heterocycles. The zero-order valence-electron chi connectivity index (χ0n) is 15.4. The third-order valence-electron chi connectivity index (χ3n) is 4.99. The molecule has 0 saturated heterocycles. The zero-order chi connectivity index (χ0) is 19.8. The van der Waals surface area contributed by atoms with Gasteiger partial charge >= 0.3 is 0 Å². The molecule has 1 aromatic carbocycles. The summed E-state index contributed by atoms with van der Waals surface area (Å²) in [5, 5.41) is 1.25. The van der Waals surface area contributed by atoms with Gasteiger partial charge in [-0.2, -0.15) is 0 Å². The molecule has 29 heavy (non-hydrogen) atoms. The summed E-state index contributed by atoms with van der Waals surface area (Å²) in [6, 6.07) is 13.0. The van der Waals surface area contributed by atoms with E-state index in [-0.39, 0.29) is 0 Å². The molecule has 0 spiro atoms. The van der Waals surface area contributed by atoms with Gasteiger partial charge in [0.05, 0.1) is 23.5 Å². The quantitative estimate of drug-likeness (QED) is 0.409. The van der Waals surface area contributed by atoms with E-state index >= 15 is 0 Å². The Morgan fingerprint density at radius 2 is 2.00 bits per heavy atom. The van der Waals surface area contributed by atoms with Gasteiger partial charge in [-0.05, 0) is 42.5 Å². The first-order valence-corrected chi connectivity index (χ1v) is 10.1. The van der Waals surface area contributed by atoms with Gasteiger partial charge in [-0.15, -0.1) is 0 Å². The van der Waals surface area contributed by atoms with Crippen molar-refractivity contribution >= 4 is 23.2 Å². The molecule has 146 valence electrons. The fourth-order valence-corrected chi connectivity index (χ4v) is 3.93. The second-order valence-corrected chi connectivity index (χ2v) is 7.84. The Hall–Kier alpha value is -2.60. The third kappa shape index (κ3) is 3.81. The van der Waals surface area contributed by atoms with E-state index in [0.717, 1.165) is 47.9 Å². The van der Waals surface area contributed by atoms with Crippen LogP contribution in [-0.4, -0.2) is 21.4 Å². The maximum Gasteiger partial charge on any atom is 0.195 e. The monoisotopic (exact) mass is 425 g/mol. The highest BCUT2D eigenvalue weighted by atomic mass is 35.5. The lowest BCUT2D eigenvalue weighted by molar-refractivity contribution is 0.224. The molecule has 0 radical (unpaired) electrons. The number of furan rings is 2. The summed E-state index contributed by atoms with van der Waals surface area (Å²) < 4.78 is 11.4. The van der Waals surface area contributed by atoms with Crippen LogP contribution in [0, 0.1) is 0 Å². The van der Waals surface area contributed by atoms with Crippen LogP contribution in [0.1, 0.15) is 17.0 Å². The molecule has 0 saturated carbocycles. The van der Waals surface area contributed by atoms with Gasteiger partial charge in [-0.3, -0.25) is 4.90 Å². The van der Waals surface area contributed by atoms with E-state index in [1.165, 1.54) is 0 Å². The normalized spacial score (nSPS) is 14.1. The van der Waals surface area contributed by atoms with Gasteiger partial charge in [0.1, 0.15) is 11.5 Å². The molecule has 4 heterocycles. The van der Waals surface area contributed by atoms with Crippen LogP contribution in [0.3, 0.4) is 0 Å². The molecule has 0 fully saturated rings. The first kappa shape index (κ1) is 18.4. The lowest BCUT2D eigenvalue weighted by Gasteiger charge is -2.27. The summed E-state index contributed by atoms with van der Waals surface area (Å²) in [4.78, 5) is 11.5. The van der Waals surface area contributed by atoms with Gasteiger partial charge < -0.3 is 8.83 Å². The molecule has 0 atom stereocenters. The van der Waals surface area contributed by atoms with Crippen molar-refractivity contribution in [1.29, 1.82) is 0 Å². The van der Waals surface area contributed by atoms with Crippen LogP contribution in [0.15, 0.2) is 63.8 Å². The number of fused-ring (bicyclic) bond motifs is 1. The standard InChI is InChI=1S/C22H17Cl2N3O2/c23-15-3-5-18(24)17(10-15)20-6-4-16(29-20)13-27-8-7-19-14(12-27)11-25-22(26-19)21-2-1-9-28-21/h1-6,9-11H,7-8,12-13H2. The molecular formula is C22H17Cl2N3O2. The van der Waals surface area contributed by atoms with Gasteiger partial charge in [0.15, 0.2) is 11.6 Å². The number of aromatic nitrogens is 2. The molecule has 0 unspecified atom stereocenters. The number of rotatable bonds is 4. The van der Waals surface area contributed by atoms with Crippen LogP contribution in [0.2, 0.25) is 10.0 Å². The fourth-order valence-electron chi connectivity index (χ4n) is 3.55. The van der Waals surface area contributed by atoms with Crippen LogP contribution in [0.4, 0.5) is 0 Å². The lowest BCUT2D eigenvalue weighted by atomic mass is 10.1. The van der Waals surface area contributed by atoms with Crippen molar-refractivity contribution in [3.05, 3.63) is 82.0 Å². The second-order valence-electron chi connectivity index (χ2n) is 6.99. The minimum atomic E-state index is 0.617. The Labute approximate surface area is 177 Å². The minimum Gasteiger partial charge on any atom is -0.461 e. The summed E-state index contributed by atoms with van der Waals surface area (Å²) >= 11 is 12.4. The smallest absolute Gasteiger partial charge is 0.195 e. The van der Waals surface area contributed by atoms with E-state index in [0.29, 0.717) is 28.2 Å².